The molecule has 0 radical (unpaired) electrons. The molecule has 3 aromatic rings. The van der Waals surface area contributed by atoms with Gasteiger partial charge in [0, 0.05) is 11.6 Å². The third-order valence-corrected chi connectivity index (χ3v) is 3.08. The van der Waals surface area contributed by atoms with E-state index in [1.54, 1.807) is 0 Å². The van der Waals surface area contributed by atoms with Crippen LogP contribution in [0.3, 0.4) is 0 Å². The maximum absolute atomic E-state index is 8.49. The fourth-order valence-corrected chi connectivity index (χ4v) is 2.18. The molecule has 0 aliphatic carbocycles. The highest BCUT2D eigenvalue weighted by atomic mass is 35.7. The molecular weight excluding hydrogens is 370 g/mol. The fraction of sp³-hybridized carbons (Fsp3) is 0.150. The van der Waals surface area contributed by atoms with Gasteiger partial charge in [-0.15, -0.1) is 10.2 Å². The molecule has 1 N–H and O–H groups in total. The first kappa shape index (κ1) is 22.7. The van der Waals surface area contributed by atoms with Crippen LogP contribution in [-0.4, -0.2) is 14.1 Å². The predicted molar refractivity (Wildman–Crippen MR) is 93.7 cm³/mol. The summed E-state index contributed by atoms with van der Waals surface area (Å²) in [7, 11) is -1.19. The lowest BCUT2D eigenvalue weighted by atomic mass is 10.0. The zero-order valence-electron chi connectivity index (χ0n) is 15.3. The van der Waals surface area contributed by atoms with Crippen LogP contribution < -0.4 is 24.0 Å². The minimum atomic E-state index is -4.94. The second-order valence-electron chi connectivity index (χ2n) is 5.43. The van der Waals surface area contributed by atoms with E-state index in [9.17, 15) is 0 Å². The maximum atomic E-state index is 8.49. The van der Waals surface area contributed by atoms with Gasteiger partial charge in [0.15, 0.2) is 0 Å². The SMILES string of the molecule is CNC.Cc1cc(-c2ccccc2)cc(-c2ccccc2)[o+]1.[O-][Cl+3]([O-])([O-])[O-]. The van der Waals surface area contributed by atoms with Crippen molar-refractivity contribution in [2.75, 3.05) is 14.1 Å². The fourth-order valence-electron chi connectivity index (χ4n) is 2.18. The Morgan fingerprint density at radius 3 is 1.56 bits per heavy atom. The van der Waals surface area contributed by atoms with Crippen molar-refractivity contribution in [2.24, 2.45) is 0 Å². The van der Waals surface area contributed by atoms with Crippen molar-refractivity contribution in [1.29, 1.82) is 0 Å². The Labute approximate surface area is 161 Å². The van der Waals surface area contributed by atoms with E-state index in [2.05, 4.69) is 53.8 Å². The summed E-state index contributed by atoms with van der Waals surface area (Å²) in [6.45, 7) is 1.98. The number of halogens is 1. The van der Waals surface area contributed by atoms with Gasteiger partial charge in [0.2, 0.25) is 0 Å². The minimum Gasteiger partial charge on any atom is -0.323 e. The number of nitrogens with one attached hydrogen (secondary N) is 1. The highest BCUT2D eigenvalue weighted by Gasteiger charge is 2.15. The van der Waals surface area contributed by atoms with Crippen molar-refractivity contribution in [1.82, 2.24) is 5.32 Å². The molecule has 1 aromatic heterocycles. The lowest BCUT2D eigenvalue weighted by Crippen LogP contribution is -2.68. The molecule has 0 aliphatic rings. The van der Waals surface area contributed by atoms with E-state index in [-0.39, 0.29) is 0 Å². The minimum absolute atomic E-state index is 0.902. The van der Waals surface area contributed by atoms with Crippen LogP contribution in [0.4, 0.5) is 0 Å². The van der Waals surface area contributed by atoms with Crippen LogP contribution in [0.2, 0.25) is 0 Å². The number of hydrogen-bond acceptors (Lipinski definition) is 5. The first-order valence-electron chi connectivity index (χ1n) is 8.00. The summed E-state index contributed by atoms with van der Waals surface area (Å²) >= 11 is 0. The van der Waals surface area contributed by atoms with Crippen LogP contribution in [0.25, 0.3) is 22.5 Å². The third kappa shape index (κ3) is 9.81. The number of benzene rings is 2. The van der Waals surface area contributed by atoms with Crippen LogP contribution >= 0.6 is 0 Å². The third-order valence-electron chi connectivity index (χ3n) is 3.08. The molecule has 0 atom stereocenters. The van der Waals surface area contributed by atoms with Crippen LogP contribution in [0.15, 0.2) is 77.2 Å². The summed E-state index contributed by atoms with van der Waals surface area (Å²) in [5.41, 5.74) is 3.49. The first-order valence-corrected chi connectivity index (χ1v) is 9.24. The molecule has 0 saturated heterocycles. The molecule has 27 heavy (non-hydrogen) atoms. The van der Waals surface area contributed by atoms with Gasteiger partial charge in [-0.2, -0.15) is 0 Å². The molecule has 0 spiro atoms. The molecule has 0 fully saturated rings. The molecule has 0 aliphatic heterocycles. The van der Waals surface area contributed by atoms with Crippen LogP contribution in [0.5, 0.6) is 0 Å². The van der Waals surface area contributed by atoms with Gasteiger partial charge < -0.3 is 5.32 Å². The lowest BCUT2D eigenvalue weighted by Gasteiger charge is -2.17. The van der Waals surface area contributed by atoms with E-state index in [1.165, 1.54) is 11.1 Å². The Morgan fingerprint density at radius 2 is 1.11 bits per heavy atom. The van der Waals surface area contributed by atoms with Gasteiger partial charge in [-0.05, 0) is 31.8 Å². The molecule has 0 amide bonds. The number of aryl methyl sites for hydroxylation is 1. The van der Waals surface area contributed by atoms with Gasteiger partial charge in [0.1, 0.15) is 0 Å². The average molecular weight is 392 g/mol. The van der Waals surface area contributed by atoms with Gasteiger partial charge in [-0.1, -0.05) is 48.5 Å². The molecular formula is C20H22ClNO5. The van der Waals surface area contributed by atoms with Gasteiger partial charge in [-0.3, -0.25) is 0 Å². The largest absolute Gasteiger partial charge is 0.360 e. The summed E-state index contributed by atoms with van der Waals surface area (Å²) in [6, 6.07) is 24.7. The van der Waals surface area contributed by atoms with E-state index in [4.69, 9.17) is 23.1 Å². The van der Waals surface area contributed by atoms with E-state index >= 15 is 0 Å². The molecule has 0 bridgehead atoms. The molecule has 0 saturated carbocycles. The highest BCUT2D eigenvalue weighted by Crippen LogP contribution is 2.27. The number of rotatable bonds is 2. The normalized spacial score (nSPS) is 10.2. The Kier molecular flexibility index (Phi) is 9.60. The van der Waals surface area contributed by atoms with Gasteiger partial charge >= 0.3 is 11.5 Å². The van der Waals surface area contributed by atoms with Crippen molar-refractivity contribution < 1.29 is 33.3 Å². The summed E-state index contributed by atoms with van der Waals surface area (Å²) in [6.07, 6.45) is 0. The van der Waals surface area contributed by atoms with Crippen molar-refractivity contribution in [3.63, 3.8) is 0 Å². The van der Waals surface area contributed by atoms with Gasteiger partial charge in [-0.25, -0.2) is 23.1 Å². The Hall–Kier alpha value is -2.32. The Balaban J connectivity index is 0.000000390. The standard InChI is InChI=1S/C18H15O.C2H7N.ClHO4/c1-14-12-17(15-8-4-2-5-9-15)13-18(19-14)16-10-6-3-7-11-16;1-3-2;2-1(3,4)5/h2-13H,1H3;3H,1-2H3;(H,2,3,4,5)/q+1;;/p-1. The van der Waals surface area contributed by atoms with E-state index in [0.717, 1.165) is 17.1 Å². The monoisotopic (exact) mass is 391 g/mol. The van der Waals surface area contributed by atoms with Crippen molar-refractivity contribution in [3.05, 3.63) is 78.6 Å². The second kappa shape index (κ2) is 11.4. The van der Waals surface area contributed by atoms with E-state index in [0.29, 0.717) is 0 Å². The smallest absolute Gasteiger partial charge is 0.323 e. The highest BCUT2D eigenvalue weighted by molar-refractivity contribution is 5.69. The maximum Gasteiger partial charge on any atom is 0.360 e. The van der Waals surface area contributed by atoms with Crippen molar-refractivity contribution in [3.8, 4) is 22.5 Å². The quantitative estimate of drug-likeness (QED) is 0.627. The van der Waals surface area contributed by atoms with E-state index in [1.807, 2.05) is 45.3 Å². The lowest BCUT2D eigenvalue weighted by molar-refractivity contribution is -2.00. The number of hydrogen-bond donors (Lipinski definition) is 1. The zero-order chi connectivity index (χ0) is 20.3. The zero-order valence-corrected chi connectivity index (χ0v) is 16.1. The van der Waals surface area contributed by atoms with Crippen LogP contribution in [0, 0.1) is 17.2 Å². The van der Waals surface area contributed by atoms with Crippen molar-refractivity contribution >= 4 is 0 Å². The summed E-state index contributed by atoms with van der Waals surface area (Å²) < 4.78 is 39.8. The summed E-state index contributed by atoms with van der Waals surface area (Å²) in [5, 5.41) is 2.75. The first-order chi connectivity index (χ1) is 12.7. The molecule has 2 aromatic carbocycles. The molecule has 1 heterocycles. The second-order valence-corrected chi connectivity index (χ2v) is 6.19. The molecule has 0 unspecified atom stereocenters. The van der Waals surface area contributed by atoms with Crippen LogP contribution in [-0.2, 0) is 0 Å². The van der Waals surface area contributed by atoms with Crippen molar-refractivity contribution in [2.45, 2.75) is 6.92 Å². The Bertz CT molecular complexity index is 729. The molecule has 144 valence electrons. The Morgan fingerprint density at radius 1 is 0.704 bits per heavy atom. The molecule has 3 rings (SSSR count). The summed E-state index contributed by atoms with van der Waals surface area (Å²) in [4.78, 5) is 0. The summed E-state index contributed by atoms with van der Waals surface area (Å²) in [5.74, 6) is 1.82. The van der Waals surface area contributed by atoms with Gasteiger partial charge in [0.25, 0.3) is 0 Å². The molecule has 6 nitrogen and oxygen atoms in total. The topological polar surface area (TPSA) is 116 Å². The molecule has 7 heteroatoms. The average Bonchev–Trinajstić information content (AvgIpc) is 2.62. The van der Waals surface area contributed by atoms with Gasteiger partial charge in [0.05, 0.1) is 18.6 Å². The van der Waals surface area contributed by atoms with E-state index < -0.39 is 10.2 Å². The predicted octanol–water partition coefficient (Wildman–Crippen LogP) is 0.283. The van der Waals surface area contributed by atoms with Crippen LogP contribution in [0.1, 0.15) is 5.76 Å².